The van der Waals surface area contributed by atoms with Crippen LogP contribution in [0.3, 0.4) is 0 Å². The van der Waals surface area contributed by atoms with Crippen LogP contribution in [-0.2, 0) is 0 Å². The van der Waals surface area contributed by atoms with Gasteiger partial charge in [0.2, 0.25) is 0 Å². The molecule has 0 aromatic carbocycles. The number of rotatable bonds is 4. The van der Waals surface area contributed by atoms with Crippen LogP contribution in [0, 0.1) is 5.92 Å². The molecule has 18 heavy (non-hydrogen) atoms. The van der Waals surface area contributed by atoms with Crippen molar-refractivity contribution in [3.05, 3.63) is 22.9 Å². The van der Waals surface area contributed by atoms with Crippen molar-refractivity contribution >= 4 is 8.24 Å². The van der Waals surface area contributed by atoms with Gasteiger partial charge >= 0.3 is 0 Å². The van der Waals surface area contributed by atoms with Crippen LogP contribution < -0.4 is 4.98 Å². The molecular formula is C16H29NSi. The van der Waals surface area contributed by atoms with Crippen LogP contribution >= 0.6 is 0 Å². The van der Waals surface area contributed by atoms with Crippen molar-refractivity contribution in [1.29, 1.82) is 0 Å². The van der Waals surface area contributed by atoms with Gasteiger partial charge in [0.05, 0.1) is 0 Å². The topological polar surface area (TPSA) is 12.0 Å². The Morgan fingerprint density at radius 3 is 2.44 bits per heavy atom. The molecule has 0 aromatic rings. The van der Waals surface area contributed by atoms with Crippen molar-refractivity contribution in [3.63, 3.8) is 0 Å². The summed E-state index contributed by atoms with van der Waals surface area (Å²) < 4.78 is 0. The normalized spacial score (nSPS) is 22.3. The van der Waals surface area contributed by atoms with Crippen molar-refractivity contribution in [2.45, 2.75) is 71.5 Å². The molecule has 0 atom stereocenters. The first kappa shape index (κ1) is 14.1. The summed E-state index contributed by atoms with van der Waals surface area (Å²) in [5.74, 6) is 0.679. The summed E-state index contributed by atoms with van der Waals surface area (Å²) in [4.78, 5) is 4.06. The molecule has 0 bridgehead atoms. The minimum Gasteiger partial charge on any atom is -0.331 e. The Morgan fingerprint density at radius 2 is 1.83 bits per heavy atom. The Bertz CT molecular complexity index is 346. The van der Waals surface area contributed by atoms with Crippen LogP contribution in [0.5, 0.6) is 0 Å². The number of nitrogens with one attached hydrogen (secondary N) is 1. The van der Waals surface area contributed by atoms with Crippen LogP contribution in [0.2, 0.25) is 13.1 Å². The predicted octanol–water partition coefficient (Wildman–Crippen LogP) is 4.57. The molecule has 102 valence electrons. The van der Waals surface area contributed by atoms with E-state index in [9.17, 15) is 0 Å². The van der Waals surface area contributed by atoms with Gasteiger partial charge in [0.15, 0.2) is 0 Å². The van der Waals surface area contributed by atoms with Crippen LogP contribution in [0.1, 0.15) is 52.4 Å². The quantitative estimate of drug-likeness (QED) is 0.733. The minimum atomic E-state index is -1.42. The molecule has 2 heteroatoms. The van der Waals surface area contributed by atoms with E-state index in [-0.39, 0.29) is 0 Å². The lowest BCUT2D eigenvalue weighted by atomic mass is 9.96. The van der Waals surface area contributed by atoms with Gasteiger partial charge in [0.25, 0.3) is 0 Å². The highest BCUT2D eigenvalue weighted by Gasteiger charge is 2.32. The Kier molecular flexibility index (Phi) is 4.49. The largest absolute Gasteiger partial charge is 0.331 e. The summed E-state index contributed by atoms with van der Waals surface area (Å²) in [6.07, 6.45) is 13.0. The molecule has 0 spiro atoms. The maximum Gasteiger partial charge on any atom is 0.148 e. The third kappa shape index (κ3) is 3.15. The zero-order valence-corrected chi connectivity index (χ0v) is 13.6. The lowest BCUT2D eigenvalue weighted by Crippen LogP contribution is -2.52. The highest BCUT2D eigenvalue weighted by molar-refractivity contribution is 6.82. The Labute approximate surface area is 114 Å². The molecular weight excluding hydrogens is 234 g/mol. The Balaban J connectivity index is 2.07. The molecule has 1 saturated carbocycles. The molecule has 0 saturated heterocycles. The van der Waals surface area contributed by atoms with Crippen molar-refractivity contribution in [2.75, 3.05) is 0 Å². The van der Waals surface area contributed by atoms with Gasteiger partial charge in [0.1, 0.15) is 8.24 Å². The molecule has 0 radical (unpaired) electrons. The highest BCUT2D eigenvalue weighted by Crippen LogP contribution is 2.32. The van der Waals surface area contributed by atoms with E-state index >= 15 is 0 Å². The first-order chi connectivity index (χ1) is 8.50. The summed E-state index contributed by atoms with van der Waals surface area (Å²) in [6, 6.07) is 0.793. The van der Waals surface area contributed by atoms with E-state index in [1.54, 1.807) is 10.8 Å². The summed E-state index contributed by atoms with van der Waals surface area (Å²) in [6.45, 7) is 9.67. The second-order valence-electron chi connectivity index (χ2n) is 6.80. The molecule has 2 aliphatic rings. The van der Waals surface area contributed by atoms with Gasteiger partial charge < -0.3 is 4.98 Å². The molecule has 2 aliphatic carbocycles. The van der Waals surface area contributed by atoms with E-state index in [0.29, 0.717) is 5.92 Å². The van der Waals surface area contributed by atoms with Gasteiger partial charge in [-0.05, 0) is 30.8 Å². The average molecular weight is 264 g/mol. The molecule has 0 amide bonds. The molecule has 2 rings (SSSR count). The summed E-state index contributed by atoms with van der Waals surface area (Å²) in [5, 5.41) is 1.75. The van der Waals surface area contributed by atoms with Crippen LogP contribution in [0.4, 0.5) is 0 Å². The summed E-state index contributed by atoms with van der Waals surface area (Å²) in [5.41, 5.74) is 1.62. The summed E-state index contributed by atoms with van der Waals surface area (Å²) >= 11 is 0. The molecule has 0 unspecified atom stereocenters. The van der Waals surface area contributed by atoms with Crippen molar-refractivity contribution < 1.29 is 0 Å². The first-order valence-corrected chi connectivity index (χ1v) is 10.7. The average Bonchev–Trinajstić information content (AvgIpc) is 2.79. The van der Waals surface area contributed by atoms with E-state index in [2.05, 4.69) is 44.1 Å². The highest BCUT2D eigenvalue weighted by atomic mass is 28.3. The third-order valence-electron chi connectivity index (χ3n) is 4.51. The molecule has 1 nitrogen and oxygen atoms in total. The van der Waals surface area contributed by atoms with Gasteiger partial charge in [-0.2, -0.15) is 0 Å². The second-order valence-corrected chi connectivity index (χ2v) is 10.9. The van der Waals surface area contributed by atoms with Gasteiger partial charge in [-0.15, -0.1) is 0 Å². The van der Waals surface area contributed by atoms with Gasteiger partial charge in [-0.25, -0.2) is 0 Å². The zero-order chi connectivity index (χ0) is 13.2. The van der Waals surface area contributed by atoms with E-state index in [4.69, 9.17) is 0 Å². The standard InChI is InChI=1S/C16H29NSi/c1-13(2)15-11-8-12-16(15)18(3,4)17-14-9-6-5-7-10-14/h8,11,13-14,17H,5-7,9-10,12H2,1-4H3. The third-order valence-corrected chi connectivity index (χ3v) is 7.65. The van der Waals surface area contributed by atoms with E-state index in [1.807, 2.05) is 0 Å². The van der Waals surface area contributed by atoms with Crippen molar-refractivity contribution in [2.24, 2.45) is 5.92 Å². The second kappa shape index (κ2) is 5.75. The first-order valence-electron chi connectivity index (χ1n) is 7.68. The van der Waals surface area contributed by atoms with Crippen LogP contribution in [0.15, 0.2) is 22.9 Å². The zero-order valence-electron chi connectivity index (χ0n) is 12.6. The van der Waals surface area contributed by atoms with Crippen LogP contribution in [-0.4, -0.2) is 14.3 Å². The monoisotopic (exact) mass is 263 g/mol. The van der Waals surface area contributed by atoms with E-state index in [0.717, 1.165) is 6.04 Å². The Hall–Kier alpha value is -0.343. The molecule has 0 aliphatic heterocycles. The molecule has 0 heterocycles. The lowest BCUT2D eigenvalue weighted by molar-refractivity contribution is 0.414. The predicted molar refractivity (Wildman–Crippen MR) is 83.1 cm³/mol. The molecule has 0 aromatic heterocycles. The maximum atomic E-state index is 4.06. The molecule has 1 N–H and O–H groups in total. The van der Waals surface area contributed by atoms with Crippen molar-refractivity contribution in [3.8, 4) is 0 Å². The van der Waals surface area contributed by atoms with Crippen molar-refractivity contribution in [1.82, 2.24) is 4.98 Å². The fraction of sp³-hybridized carbons (Fsp3) is 0.750. The fourth-order valence-corrected chi connectivity index (χ4v) is 6.73. The summed E-state index contributed by atoms with van der Waals surface area (Å²) in [7, 11) is -1.42. The van der Waals surface area contributed by atoms with E-state index in [1.165, 1.54) is 38.5 Å². The van der Waals surface area contributed by atoms with Crippen LogP contribution in [0.25, 0.3) is 0 Å². The van der Waals surface area contributed by atoms with E-state index < -0.39 is 8.24 Å². The van der Waals surface area contributed by atoms with Gasteiger partial charge in [-0.3, -0.25) is 0 Å². The lowest BCUT2D eigenvalue weighted by Gasteiger charge is -2.34. The number of hydrogen-bond acceptors (Lipinski definition) is 1. The smallest absolute Gasteiger partial charge is 0.148 e. The Morgan fingerprint density at radius 1 is 1.17 bits per heavy atom. The minimum absolute atomic E-state index is 0.679. The number of hydrogen-bond donors (Lipinski definition) is 1. The molecule has 1 fully saturated rings. The van der Waals surface area contributed by atoms with Gasteiger partial charge in [0, 0.05) is 6.04 Å². The van der Waals surface area contributed by atoms with Gasteiger partial charge in [-0.1, -0.05) is 63.6 Å². The SMILES string of the molecule is CC(C)C1=C([Si](C)(C)NC2CCCCC2)CC=C1. The fourth-order valence-electron chi connectivity index (χ4n) is 3.52. The maximum absolute atomic E-state index is 4.06. The number of allylic oxidation sites excluding steroid dienone is 4.